The molecule has 0 aliphatic rings. The van der Waals surface area contributed by atoms with E-state index in [0.717, 1.165) is 5.69 Å². The molecule has 1 heterocycles. The summed E-state index contributed by atoms with van der Waals surface area (Å²) in [4.78, 5) is 30.2. The summed E-state index contributed by atoms with van der Waals surface area (Å²) in [5.74, 6) is 0.469. The molecule has 148 valence electrons. The van der Waals surface area contributed by atoms with Gasteiger partial charge in [-0.25, -0.2) is 9.97 Å². The number of nitrogens with one attached hydrogen (secondary N) is 2. The molecule has 9 heteroatoms. The number of aromatic nitrogens is 2. The number of non-ortho nitro benzene ring substituents is 1. The summed E-state index contributed by atoms with van der Waals surface area (Å²) in [6, 6.07) is 15.0. The molecule has 0 aliphatic heterocycles. The molecule has 2 aromatic carbocycles. The van der Waals surface area contributed by atoms with Crippen molar-refractivity contribution in [2.24, 2.45) is 0 Å². The third-order valence-corrected chi connectivity index (χ3v) is 3.88. The fraction of sp³-hybridized carbons (Fsp3) is 0.150. The first-order valence-corrected chi connectivity index (χ1v) is 8.93. The van der Waals surface area contributed by atoms with Crippen molar-refractivity contribution < 1.29 is 14.5 Å². The minimum Gasteiger partial charge on any atom is -0.424 e. The minimum atomic E-state index is -0.442. The number of anilines is 2. The topological polar surface area (TPSA) is 119 Å². The van der Waals surface area contributed by atoms with Gasteiger partial charge in [0.25, 0.3) is 5.69 Å². The first-order chi connectivity index (χ1) is 14.1. The maximum atomic E-state index is 12.1. The number of nitrogens with zero attached hydrogens (tertiary/aromatic N) is 3. The van der Waals surface area contributed by atoms with E-state index >= 15 is 0 Å². The lowest BCUT2D eigenvalue weighted by molar-refractivity contribution is -0.384. The zero-order chi connectivity index (χ0) is 20.5. The number of carbonyl (C=O) groups excluding carboxylic acids is 1. The van der Waals surface area contributed by atoms with Crippen molar-refractivity contribution in [3.63, 3.8) is 0 Å². The Kier molecular flexibility index (Phi) is 6.66. The SMILES string of the molecule is O=C(CCCNc1ccc([N+](=O)[O-])cc1)Nc1ccc(Oc2ncccn2)cc1. The van der Waals surface area contributed by atoms with Crippen molar-refractivity contribution in [2.45, 2.75) is 12.8 Å². The van der Waals surface area contributed by atoms with Gasteiger partial charge in [0.05, 0.1) is 4.92 Å². The van der Waals surface area contributed by atoms with Gasteiger partial charge in [-0.15, -0.1) is 0 Å². The average Bonchev–Trinajstić information content (AvgIpc) is 2.74. The van der Waals surface area contributed by atoms with Crippen molar-refractivity contribution in [3.05, 3.63) is 77.1 Å². The first-order valence-electron chi connectivity index (χ1n) is 8.93. The summed E-state index contributed by atoms with van der Waals surface area (Å²) in [6.45, 7) is 0.578. The molecule has 3 rings (SSSR count). The largest absolute Gasteiger partial charge is 0.424 e. The van der Waals surface area contributed by atoms with Gasteiger partial charge in [0.15, 0.2) is 0 Å². The van der Waals surface area contributed by atoms with Gasteiger partial charge in [-0.2, -0.15) is 0 Å². The van der Waals surface area contributed by atoms with Crippen LogP contribution in [-0.4, -0.2) is 27.3 Å². The highest BCUT2D eigenvalue weighted by Gasteiger charge is 2.05. The zero-order valence-corrected chi connectivity index (χ0v) is 15.4. The van der Waals surface area contributed by atoms with Crippen LogP contribution in [-0.2, 0) is 4.79 Å². The summed E-state index contributed by atoms with van der Waals surface area (Å²) in [6.07, 6.45) is 4.15. The fourth-order valence-corrected chi connectivity index (χ4v) is 2.46. The van der Waals surface area contributed by atoms with Gasteiger partial charge >= 0.3 is 6.01 Å². The lowest BCUT2D eigenvalue weighted by Gasteiger charge is -2.08. The van der Waals surface area contributed by atoms with Crippen LogP contribution >= 0.6 is 0 Å². The Bertz CT molecular complexity index is 947. The summed E-state index contributed by atoms with van der Waals surface area (Å²) >= 11 is 0. The van der Waals surface area contributed by atoms with Crippen molar-refractivity contribution in [2.75, 3.05) is 17.2 Å². The Morgan fingerprint density at radius 1 is 1.00 bits per heavy atom. The van der Waals surface area contributed by atoms with Crippen LogP contribution in [0, 0.1) is 10.1 Å². The van der Waals surface area contributed by atoms with E-state index in [4.69, 9.17) is 4.74 Å². The maximum Gasteiger partial charge on any atom is 0.321 e. The Morgan fingerprint density at radius 3 is 2.31 bits per heavy atom. The number of benzene rings is 2. The van der Waals surface area contributed by atoms with Gasteiger partial charge in [0, 0.05) is 48.9 Å². The second-order valence-corrected chi connectivity index (χ2v) is 6.04. The number of ether oxygens (including phenoxy) is 1. The van der Waals surface area contributed by atoms with Crippen LogP contribution < -0.4 is 15.4 Å². The molecule has 0 saturated heterocycles. The quantitative estimate of drug-likeness (QED) is 0.320. The third kappa shape index (κ3) is 6.28. The van der Waals surface area contributed by atoms with E-state index in [0.29, 0.717) is 30.8 Å². The molecule has 0 atom stereocenters. The number of carbonyl (C=O) groups is 1. The molecule has 1 aromatic heterocycles. The molecule has 9 nitrogen and oxygen atoms in total. The highest BCUT2D eigenvalue weighted by Crippen LogP contribution is 2.20. The molecule has 0 radical (unpaired) electrons. The van der Waals surface area contributed by atoms with Gasteiger partial charge in [-0.1, -0.05) is 0 Å². The number of amides is 1. The van der Waals surface area contributed by atoms with Crippen molar-refractivity contribution in [1.82, 2.24) is 9.97 Å². The standard InChI is InChI=1S/C20H19N5O4/c26-19(3-1-12-21-15-4-8-17(9-5-15)25(27)28)24-16-6-10-18(11-7-16)29-20-22-13-2-14-23-20/h2,4-11,13-14,21H,1,3,12H2,(H,24,26). The lowest BCUT2D eigenvalue weighted by atomic mass is 10.2. The van der Waals surface area contributed by atoms with Crippen molar-refractivity contribution in [1.29, 1.82) is 0 Å². The smallest absolute Gasteiger partial charge is 0.321 e. The molecule has 0 bridgehead atoms. The van der Waals surface area contributed by atoms with Crippen LogP contribution in [0.5, 0.6) is 11.8 Å². The average molecular weight is 393 g/mol. The molecule has 0 unspecified atom stereocenters. The Morgan fingerprint density at radius 2 is 1.66 bits per heavy atom. The van der Waals surface area contributed by atoms with Crippen LogP contribution in [0.3, 0.4) is 0 Å². The summed E-state index contributed by atoms with van der Waals surface area (Å²) in [5.41, 5.74) is 1.48. The van der Waals surface area contributed by atoms with Gasteiger partial charge in [-0.05, 0) is 48.9 Å². The van der Waals surface area contributed by atoms with Crippen LogP contribution in [0.1, 0.15) is 12.8 Å². The molecule has 0 saturated carbocycles. The number of nitro groups is 1. The molecule has 0 fully saturated rings. The van der Waals surface area contributed by atoms with E-state index in [1.807, 2.05) is 0 Å². The van der Waals surface area contributed by atoms with E-state index in [1.54, 1.807) is 54.9 Å². The normalized spacial score (nSPS) is 10.2. The second kappa shape index (κ2) is 9.79. The molecule has 29 heavy (non-hydrogen) atoms. The van der Waals surface area contributed by atoms with Gasteiger partial charge in [-0.3, -0.25) is 14.9 Å². The third-order valence-electron chi connectivity index (χ3n) is 3.88. The highest BCUT2D eigenvalue weighted by atomic mass is 16.6. The predicted octanol–water partition coefficient (Wildman–Crippen LogP) is 4.01. The van der Waals surface area contributed by atoms with E-state index in [9.17, 15) is 14.9 Å². The zero-order valence-electron chi connectivity index (χ0n) is 15.4. The summed E-state index contributed by atoms with van der Waals surface area (Å²) in [5, 5.41) is 16.6. The van der Waals surface area contributed by atoms with Crippen LogP contribution in [0.25, 0.3) is 0 Å². The van der Waals surface area contributed by atoms with E-state index in [1.165, 1.54) is 12.1 Å². The predicted molar refractivity (Wildman–Crippen MR) is 108 cm³/mol. The first kappa shape index (κ1) is 19.7. The lowest BCUT2D eigenvalue weighted by Crippen LogP contribution is -2.13. The van der Waals surface area contributed by atoms with Gasteiger partial charge in [0.2, 0.25) is 5.91 Å². The fourth-order valence-electron chi connectivity index (χ4n) is 2.46. The Balaban J connectivity index is 1.38. The van der Waals surface area contributed by atoms with Gasteiger partial charge < -0.3 is 15.4 Å². The Hall–Kier alpha value is -4.01. The molecular weight excluding hydrogens is 374 g/mol. The van der Waals surface area contributed by atoms with Crippen molar-refractivity contribution in [3.8, 4) is 11.8 Å². The van der Waals surface area contributed by atoms with Crippen molar-refractivity contribution >= 4 is 23.0 Å². The van der Waals surface area contributed by atoms with Gasteiger partial charge in [0.1, 0.15) is 5.75 Å². The second-order valence-electron chi connectivity index (χ2n) is 6.04. The number of rotatable bonds is 9. The minimum absolute atomic E-state index is 0.0441. The highest BCUT2D eigenvalue weighted by molar-refractivity contribution is 5.90. The van der Waals surface area contributed by atoms with E-state index in [-0.39, 0.29) is 17.6 Å². The number of hydrogen-bond donors (Lipinski definition) is 2. The molecule has 0 aliphatic carbocycles. The monoisotopic (exact) mass is 393 g/mol. The van der Waals surface area contributed by atoms with Crippen LogP contribution in [0.4, 0.5) is 17.1 Å². The molecule has 2 N–H and O–H groups in total. The molecular formula is C20H19N5O4. The number of hydrogen-bond acceptors (Lipinski definition) is 7. The van der Waals surface area contributed by atoms with Crippen LogP contribution in [0.2, 0.25) is 0 Å². The van der Waals surface area contributed by atoms with E-state index < -0.39 is 4.92 Å². The summed E-state index contributed by atoms with van der Waals surface area (Å²) < 4.78 is 5.50. The molecule has 0 spiro atoms. The maximum absolute atomic E-state index is 12.1. The van der Waals surface area contributed by atoms with E-state index in [2.05, 4.69) is 20.6 Å². The van der Waals surface area contributed by atoms with Crippen LogP contribution in [0.15, 0.2) is 67.0 Å². The number of nitro benzene ring substituents is 1. The summed E-state index contributed by atoms with van der Waals surface area (Å²) in [7, 11) is 0. The molecule has 1 amide bonds. The Labute approximate surface area is 166 Å². The molecule has 3 aromatic rings.